The van der Waals surface area contributed by atoms with Gasteiger partial charge in [-0.2, -0.15) is 0 Å². The molecular formula is C14H13ClN2O3. The minimum Gasteiger partial charge on any atom is -0.492 e. The van der Waals surface area contributed by atoms with Crippen molar-refractivity contribution in [2.45, 2.75) is 6.92 Å². The van der Waals surface area contributed by atoms with Gasteiger partial charge in [0.25, 0.3) is 11.5 Å². The van der Waals surface area contributed by atoms with E-state index in [9.17, 15) is 9.59 Å². The van der Waals surface area contributed by atoms with Crippen LogP contribution in [-0.4, -0.2) is 17.5 Å². The van der Waals surface area contributed by atoms with E-state index in [1.54, 1.807) is 18.2 Å². The van der Waals surface area contributed by atoms with E-state index in [-0.39, 0.29) is 16.5 Å². The van der Waals surface area contributed by atoms with Gasteiger partial charge in [-0.05, 0) is 25.1 Å². The summed E-state index contributed by atoms with van der Waals surface area (Å²) < 4.78 is 5.42. The second kappa shape index (κ2) is 6.25. The zero-order valence-electron chi connectivity index (χ0n) is 10.8. The SMILES string of the molecule is CCOc1ccccc1NC(=O)c1c[nH]c(=O)c(Cl)c1. The van der Waals surface area contributed by atoms with Crippen LogP contribution in [0.1, 0.15) is 17.3 Å². The van der Waals surface area contributed by atoms with Crippen LogP contribution < -0.4 is 15.6 Å². The highest BCUT2D eigenvalue weighted by Crippen LogP contribution is 2.24. The van der Waals surface area contributed by atoms with Gasteiger partial charge in [-0.3, -0.25) is 9.59 Å². The molecule has 2 N–H and O–H groups in total. The Labute approximate surface area is 120 Å². The molecule has 2 rings (SSSR count). The molecule has 0 saturated heterocycles. The predicted molar refractivity (Wildman–Crippen MR) is 77.6 cm³/mol. The van der Waals surface area contributed by atoms with Crippen LogP contribution in [0.25, 0.3) is 0 Å². The molecule has 0 aliphatic rings. The summed E-state index contributed by atoms with van der Waals surface area (Å²) in [6, 6.07) is 8.42. The fourth-order valence-corrected chi connectivity index (χ4v) is 1.80. The summed E-state index contributed by atoms with van der Waals surface area (Å²) in [5, 5.41) is 2.68. The third-order valence-electron chi connectivity index (χ3n) is 2.56. The standard InChI is InChI=1S/C14H13ClN2O3/c1-2-20-12-6-4-3-5-11(12)17-13(18)9-7-10(15)14(19)16-8-9/h3-8H,2H2,1H3,(H,16,19)(H,17,18). The largest absolute Gasteiger partial charge is 0.492 e. The van der Waals surface area contributed by atoms with Crippen LogP contribution in [-0.2, 0) is 0 Å². The normalized spacial score (nSPS) is 10.1. The van der Waals surface area contributed by atoms with Gasteiger partial charge in [0.05, 0.1) is 17.9 Å². The van der Waals surface area contributed by atoms with E-state index < -0.39 is 5.56 Å². The highest BCUT2D eigenvalue weighted by atomic mass is 35.5. The number of benzene rings is 1. The van der Waals surface area contributed by atoms with Gasteiger partial charge in [-0.15, -0.1) is 0 Å². The van der Waals surface area contributed by atoms with E-state index in [0.29, 0.717) is 18.0 Å². The van der Waals surface area contributed by atoms with Crippen LogP contribution >= 0.6 is 11.6 Å². The van der Waals surface area contributed by atoms with Crippen molar-refractivity contribution in [2.24, 2.45) is 0 Å². The smallest absolute Gasteiger partial charge is 0.266 e. The number of aromatic amines is 1. The zero-order chi connectivity index (χ0) is 14.5. The Morgan fingerprint density at radius 1 is 1.40 bits per heavy atom. The molecule has 0 aliphatic carbocycles. The number of carbonyl (C=O) groups is 1. The van der Waals surface area contributed by atoms with Gasteiger partial charge in [-0.1, -0.05) is 23.7 Å². The Morgan fingerprint density at radius 2 is 2.15 bits per heavy atom. The number of amides is 1. The molecule has 0 bridgehead atoms. The molecule has 0 unspecified atom stereocenters. The molecule has 0 atom stereocenters. The van der Waals surface area contributed by atoms with Gasteiger partial charge in [0.2, 0.25) is 0 Å². The first-order valence-corrected chi connectivity index (χ1v) is 6.41. The third kappa shape index (κ3) is 3.19. The highest BCUT2D eigenvalue weighted by molar-refractivity contribution is 6.30. The Morgan fingerprint density at radius 3 is 2.85 bits per heavy atom. The minimum absolute atomic E-state index is 0.0317. The number of ether oxygens (including phenoxy) is 1. The number of H-pyrrole nitrogens is 1. The van der Waals surface area contributed by atoms with Crippen molar-refractivity contribution >= 4 is 23.2 Å². The molecular weight excluding hydrogens is 280 g/mol. The molecule has 0 spiro atoms. The molecule has 104 valence electrons. The van der Waals surface area contributed by atoms with E-state index in [0.717, 1.165) is 0 Å². The average molecular weight is 293 g/mol. The molecule has 1 heterocycles. The number of halogens is 1. The Hall–Kier alpha value is -2.27. The fourth-order valence-electron chi connectivity index (χ4n) is 1.63. The first kappa shape index (κ1) is 14.1. The van der Waals surface area contributed by atoms with Crippen LogP contribution in [0.3, 0.4) is 0 Å². The number of nitrogens with one attached hydrogen (secondary N) is 2. The molecule has 1 aromatic carbocycles. The number of rotatable bonds is 4. The van der Waals surface area contributed by atoms with Gasteiger partial charge < -0.3 is 15.0 Å². The summed E-state index contributed by atoms with van der Waals surface area (Å²) in [6.07, 6.45) is 1.31. The lowest BCUT2D eigenvalue weighted by Crippen LogP contribution is -2.16. The van der Waals surface area contributed by atoms with E-state index in [4.69, 9.17) is 16.3 Å². The van der Waals surface area contributed by atoms with Crippen molar-refractivity contribution in [2.75, 3.05) is 11.9 Å². The summed E-state index contributed by atoms with van der Waals surface area (Å²) in [7, 11) is 0. The number of carbonyl (C=O) groups excluding carboxylic acids is 1. The molecule has 5 nitrogen and oxygen atoms in total. The lowest BCUT2D eigenvalue weighted by molar-refractivity contribution is 0.102. The molecule has 20 heavy (non-hydrogen) atoms. The van der Waals surface area contributed by atoms with Crippen molar-refractivity contribution in [1.82, 2.24) is 4.98 Å². The molecule has 0 saturated carbocycles. The minimum atomic E-state index is -0.432. The van der Waals surface area contributed by atoms with E-state index >= 15 is 0 Å². The van der Waals surface area contributed by atoms with Crippen LogP contribution in [0.15, 0.2) is 41.3 Å². The summed E-state index contributed by atoms with van der Waals surface area (Å²) in [5.41, 5.74) is 0.389. The van der Waals surface area contributed by atoms with Gasteiger partial charge in [-0.25, -0.2) is 0 Å². The summed E-state index contributed by atoms with van der Waals surface area (Å²) in [6.45, 7) is 2.36. The van der Waals surface area contributed by atoms with Crippen LogP contribution in [0.2, 0.25) is 5.02 Å². The van der Waals surface area contributed by atoms with Crippen LogP contribution in [0.4, 0.5) is 5.69 Å². The van der Waals surface area contributed by atoms with Crippen molar-refractivity contribution in [3.05, 3.63) is 57.5 Å². The second-order valence-electron chi connectivity index (χ2n) is 3.95. The Bertz CT molecular complexity index is 682. The number of aromatic nitrogens is 1. The molecule has 0 radical (unpaired) electrons. The number of anilines is 1. The maximum Gasteiger partial charge on any atom is 0.266 e. The summed E-state index contributed by atoms with van der Waals surface area (Å²) >= 11 is 5.69. The Balaban J connectivity index is 2.23. The monoisotopic (exact) mass is 292 g/mol. The summed E-state index contributed by atoms with van der Waals surface area (Å²) in [5.74, 6) is 0.203. The van der Waals surface area contributed by atoms with Crippen molar-refractivity contribution in [3.8, 4) is 5.75 Å². The van der Waals surface area contributed by atoms with Crippen LogP contribution in [0.5, 0.6) is 5.75 Å². The number of hydrogen-bond acceptors (Lipinski definition) is 3. The quantitative estimate of drug-likeness (QED) is 0.910. The van der Waals surface area contributed by atoms with Gasteiger partial charge in [0, 0.05) is 6.20 Å². The van der Waals surface area contributed by atoms with E-state index in [1.165, 1.54) is 12.3 Å². The average Bonchev–Trinajstić information content (AvgIpc) is 2.44. The Kier molecular flexibility index (Phi) is 4.42. The first-order valence-electron chi connectivity index (χ1n) is 6.03. The maximum atomic E-state index is 12.1. The maximum absolute atomic E-state index is 12.1. The lowest BCUT2D eigenvalue weighted by atomic mass is 10.2. The second-order valence-corrected chi connectivity index (χ2v) is 4.36. The number of hydrogen-bond donors (Lipinski definition) is 2. The summed E-state index contributed by atoms with van der Waals surface area (Å²) in [4.78, 5) is 25.6. The van der Waals surface area contributed by atoms with Gasteiger partial charge >= 0.3 is 0 Å². The van der Waals surface area contributed by atoms with E-state index in [2.05, 4.69) is 10.3 Å². The van der Waals surface area contributed by atoms with Crippen molar-refractivity contribution in [3.63, 3.8) is 0 Å². The molecule has 0 fully saturated rings. The fraction of sp³-hybridized carbons (Fsp3) is 0.143. The molecule has 1 amide bonds. The topological polar surface area (TPSA) is 71.2 Å². The molecule has 6 heteroatoms. The van der Waals surface area contributed by atoms with Gasteiger partial charge in [0.15, 0.2) is 0 Å². The zero-order valence-corrected chi connectivity index (χ0v) is 11.5. The highest BCUT2D eigenvalue weighted by Gasteiger charge is 2.11. The lowest BCUT2D eigenvalue weighted by Gasteiger charge is -2.11. The van der Waals surface area contributed by atoms with Crippen LogP contribution in [0, 0.1) is 0 Å². The van der Waals surface area contributed by atoms with E-state index in [1.807, 2.05) is 13.0 Å². The molecule has 0 aliphatic heterocycles. The van der Waals surface area contributed by atoms with Crippen molar-refractivity contribution in [1.29, 1.82) is 0 Å². The van der Waals surface area contributed by atoms with Gasteiger partial charge in [0.1, 0.15) is 10.8 Å². The predicted octanol–water partition coefficient (Wildman–Crippen LogP) is 2.68. The molecule has 2 aromatic rings. The number of para-hydroxylation sites is 2. The van der Waals surface area contributed by atoms with Crippen molar-refractivity contribution < 1.29 is 9.53 Å². The third-order valence-corrected chi connectivity index (χ3v) is 2.84. The number of pyridine rings is 1. The first-order chi connectivity index (χ1) is 9.61. The molecule has 1 aromatic heterocycles.